The van der Waals surface area contributed by atoms with Gasteiger partial charge in [0.2, 0.25) is 5.43 Å². The third kappa shape index (κ3) is 2.58. The summed E-state index contributed by atoms with van der Waals surface area (Å²) in [5.74, 6) is 0.0000810. The van der Waals surface area contributed by atoms with Crippen molar-refractivity contribution in [2.75, 3.05) is 0 Å². The van der Waals surface area contributed by atoms with Crippen LogP contribution in [-0.2, 0) is 0 Å². The third-order valence-electron chi connectivity index (χ3n) is 3.77. The minimum Gasteiger partial charge on any atom is -0.504 e. The van der Waals surface area contributed by atoms with Crippen LogP contribution in [0.5, 0.6) is 5.75 Å². The lowest BCUT2D eigenvalue weighted by molar-refractivity contribution is 0.473. The van der Waals surface area contributed by atoms with Crippen molar-refractivity contribution in [3.63, 3.8) is 0 Å². The normalized spacial score (nSPS) is 11.0. The highest BCUT2D eigenvalue weighted by molar-refractivity contribution is 5.82. The Morgan fingerprint density at radius 1 is 1.00 bits per heavy atom. The molecule has 0 saturated carbocycles. The van der Waals surface area contributed by atoms with Gasteiger partial charge in [0.25, 0.3) is 0 Å². The van der Waals surface area contributed by atoms with Crippen LogP contribution >= 0.6 is 0 Å². The molecule has 0 radical (unpaired) electrons. The van der Waals surface area contributed by atoms with E-state index in [9.17, 15) is 9.90 Å². The van der Waals surface area contributed by atoms with Crippen LogP contribution in [0, 0.1) is 0 Å². The highest BCUT2D eigenvalue weighted by Crippen LogP contribution is 2.28. The fraction of sp³-hybridized carbons (Fsp3) is 0.158. The van der Waals surface area contributed by atoms with Gasteiger partial charge in [0.15, 0.2) is 5.75 Å². The summed E-state index contributed by atoms with van der Waals surface area (Å²) in [6, 6.07) is 16.6. The van der Waals surface area contributed by atoms with Gasteiger partial charge in [-0.05, 0) is 35.7 Å². The molecule has 0 aliphatic rings. The first-order valence-electron chi connectivity index (χ1n) is 7.29. The summed E-state index contributed by atoms with van der Waals surface area (Å²) >= 11 is 0. The molecular weight excluding hydrogens is 274 g/mol. The molecule has 3 rings (SSSR count). The predicted molar refractivity (Wildman–Crippen MR) is 89.2 cm³/mol. The largest absolute Gasteiger partial charge is 0.504 e. The topological polar surface area (TPSA) is 50.2 Å². The van der Waals surface area contributed by atoms with E-state index in [-0.39, 0.29) is 11.7 Å². The fourth-order valence-electron chi connectivity index (χ4n) is 2.44. The molecule has 3 aromatic rings. The molecule has 0 spiro atoms. The van der Waals surface area contributed by atoms with Crippen molar-refractivity contribution in [3.05, 3.63) is 70.4 Å². The van der Waals surface area contributed by atoms with Crippen molar-refractivity contribution >= 4 is 10.9 Å². The second kappa shape index (κ2) is 5.60. The number of pyridine rings is 1. The monoisotopic (exact) mass is 291 g/mol. The molecule has 0 aliphatic carbocycles. The molecule has 3 nitrogen and oxygen atoms in total. The molecule has 1 aromatic heterocycles. The number of hydrogen-bond acceptors (Lipinski definition) is 3. The fourth-order valence-corrected chi connectivity index (χ4v) is 2.44. The molecule has 2 aromatic carbocycles. The number of aromatic nitrogens is 1. The summed E-state index contributed by atoms with van der Waals surface area (Å²) in [7, 11) is 0. The zero-order valence-electron chi connectivity index (χ0n) is 12.6. The quantitative estimate of drug-likeness (QED) is 0.773. The highest BCUT2D eigenvalue weighted by atomic mass is 16.3. The number of nitrogens with zero attached hydrogens (tertiary/aromatic N) is 1. The molecule has 0 saturated heterocycles. The summed E-state index contributed by atoms with van der Waals surface area (Å²) in [6.07, 6.45) is 0. The summed E-state index contributed by atoms with van der Waals surface area (Å²) in [4.78, 5) is 16.6. The lowest BCUT2D eigenvalue weighted by atomic mass is 10.0. The molecule has 3 heteroatoms. The minimum absolute atomic E-state index is 0.255. The Morgan fingerprint density at radius 3 is 2.55 bits per heavy atom. The molecule has 0 unspecified atom stereocenters. The lowest BCUT2D eigenvalue weighted by Crippen LogP contribution is -1.95. The SMILES string of the molecule is CC(C)c1ccc(=O)c(O)c(-c2ccc3ccccc3n2)c1. The summed E-state index contributed by atoms with van der Waals surface area (Å²) < 4.78 is 0. The third-order valence-corrected chi connectivity index (χ3v) is 3.77. The molecule has 0 bridgehead atoms. The molecule has 0 fully saturated rings. The van der Waals surface area contributed by atoms with Gasteiger partial charge in [-0.25, -0.2) is 4.98 Å². The van der Waals surface area contributed by atoms with Crippen LogP contribution in [0.4, 0.5) is 0 Å². The van der Waals surface area contributed by atoms with Gasteiger partial charge in [0.1, 0.15) is 0 Å². The van der Waals surface area contributed by atoms with E-state index in [4.69, 9.17) is 0 Å². The van der Waals surface area contributed by atoms with Crippen molar-refractivity contribution in [2.45, 2.75) is 19.8 Å². The predicted octanol–water partition coefficient (Wildman–Crippen LogP) is 4.09. The van der Waals surface area contributed by atoms with Crippen LogP contribution in [0.3, 0.4) is 0 Å². The molecule has 1 heterocycles. The standard InChI is InChI=1S/C19H17NO2/c1-12(2)14-8-10-18(21)19(22)15(11-14)17-9-7-13-5-3-4-6-16(13)20-17/h3-12H,1-2H3,(H,21,22). The molecule has 1 N–H and O–H groups in total. The lowest BCUT2D eigenvalue weighted by Gasteiger charge is -2.06. The van der Waals surface area contributed by atoms with Gasteiger partial charge in [-0.15, -0.1) is 0 Å². The van der Waals surface area contributed by atoms with E-state index in [0.717, 1.165) is 16.5 Å². The van der Waals surface area contributed by atoms with Crippen LogP contribution in [-0.4, -0.2) is 10.1 Å². The Balaban J connectivity index is 2.29. The van der Waals surface area contributed by atoms with Gasteiger partial charge in [0, 0.05) is 10.9 Å². The zero-order valence-corrected chi connectivity index (χ0v) is 12.6. The Hall–Kier alpha value is -2.68. The summed E-state index contributed by atoms with van der Waals surface area (Å²) in [5.41, 5.74) is 2.51. The van der Waals surface area contributed by atoms with Gasteiger partial charge in [-0.1, -0.05) is 44.2 Å². The van der Waals surface area contributed by atoms with Gasteiger partial charge in [-0.3, -0.25) is 4.79 Å². The highest BCUT2D eigenvalue weighted by Gasteiger charge is 2.11. The maximum Gasteiger partial charge on any atom is 0.220 e. The van der Waals surface area contributed by atoms with E-state index in [1.54, 1.807) is 6.07 Å². The van der Waals surface area contributed by atoms with E-state index in [0.29, 0.717) is 11.3 Å². The molecule has 0 aliphatic heterocycles. The maximum atomic E-state index is 12.0. The number of para-hydroxylation sites is 1. The number of fused-ring (bicyclic) bond motifs is 1. The van der Waals surface area contributed by atoms with Crippen molar-refractivity contribution < 1.29 is 5.11 Å². The van der Waals surface area contributed by atoms with Gasteiger partial charge >= 0.3 is 0 Å². The first-order valence-corrected chi connectivity index (χ1v) is 7.29. The molecule has 0 amide bonds. The maximum absolute atomic E-state index is 12.0. The van der Waals surface area contributed by atoms with Crippen molar-refractivity contribution in [2.24, 2.45) is 0 Å². The second-order valence-electron chi connectivity index (χ2n) is 5.65. The first kappa shape index (κ1) is 14.3. The number of benzene rings is 1. The molecule has 110 valence electrons. The van der Waals surface area contributed by atoms with Gasteiger partial charge in [0.05, 0.1) is 11.2 Å². The number of hydrogen-bond donors (Lipinski definition) is 1. The average Bonchev–Trinajstić information content (AvgIpc) is 2.67. The number of rotatable bonds is 2. The van der Waals surface area contributed by atoms with E-state index in [1.165, 1.54) is 6.07 Å². The van der Waals surface area contributed by atoms with Gasteiger partial charge < -0.3 is 5.11 Å². The number of aromatic hydroxyl groups is 1. The smallest absolute Gasteiger partial charge is 0.220 e. The van der Waals surface area contributed by atoms with Crippen LogP contribution in [0.1, 0.15) is 25.3 Å². The average molecular weight is 291 g/mol. The van der Waals surface area contributed by atoms with Gasteiger partial charge in [-0.2, -0.15) is 0 Å². The van der Waals surface area contributed by atoms with E-state index in [2.05, 4.69) is 18.8 Å². The summed E-state index contributed by atoms with van der Waals surface area (Å²) in [6.45, 7) is 4.10. The molecule has 0 atom stereocenters. The zero-order chi connectivity index (χ0) is 15.7. The van der Waals surface area contributed by atoms with Crippen molar-refractivity contribution in [3.8, 4) is 17.0 Å². The molecular formula is C19H17NO2. The van der Waals surface area contributed by atoms with E-state index in [1.807, 2.05) is 42.5 Å². The van der Waals surface area contributed by atoms with E-state index >= 15 is 0 Å². The minimum atomic E-state index is -0.392. The molecule has 22 heavy (non-hydrogen) atoms. The van der Waals surface area contributed by atoms with Crippen LogP contribution < -0.4 is 5.43 Å². The Kier molecular flexibility index (Phi) is 3.63. The Bertz CT molecular complexity index is 901. The van der Waals surface area contributed by atoms with Crippen LogP contribution in [0.2, 0.25) is 0 Å². The van der Waals surface area contributed by atoms with Crippen LogP contribution in [0.15, 0.2) is 59.4 Å². The summed E-state index contributed by atoms with van der Waals surface area (Å²) in [5, 5.41) is 11.3. The Labute approximate surface area is 128 Å². The first-order chi connectivity index (χ1) is 10.6. The van der Waals surface area contributed by atoms with E-state index < -0.39 is 5.43 Å². The Morgan fingerprint density at radius 2 is 1.77 bits per heavy atom. The van der Waals surface area contributed by atoms with Crippen LogP contribution in [0.25, 0.3) is 22.2 Å². The van der Waals surface area contributed by atoms with Crippen molar-refractivity contribution in [1.29, 1.82) is 0 Å². The second-order valence-corrected chi connectivity index (χ2v) is 5.65. The van der Waals surface area contributed by atoms with Crippen molar-refractivity contribution in [1.82, 2.24) is 4.98 Å².